The number of hydrogen-bond donors (Lipinski definition) is 2. The second kappa shape index (κ2) is 4.95. The van der Waals surface area contributed by atoms with E-state index in [1.165, 1.54) is 11.1 Å². The average Bonchev–Trinajstić information content (AvgIpc) is 2.64. The Bertz CT molecular complexity index is 354. The van der Waals surface area contributed by atoms with E-state index in [2.05, 4.69) is 36.5 Å². The lowest BCUT2D eigenvalue weighted by Gasteiger charge is -2.17. The van der Waals surface area contributed by atoms with Crippen LogP contribution < -0.4 is 11.1 Å². The van der Waals surface area contributed by atoms with Gasteiger partial charge in [-0.05, 0) is 24.5 Å². The highest BCUT2D eigenvalue weighted by Crippen LogP contribution is 2.36. The van der Waals surface area contributed by atoms with Gasteiger partial charge in [-0.15, -0.1) is 0 Å². The zero-order chi connectivity index (χ0) is 11.5. The van der Waals surface area contributed by atoms with Crippen LogP contribution in [0, 0.1) is 0 Å². The first-order valence-corrected chi connectivity index (χ1v) is 5.83. The van der Waals surface area contributed by atoms with Gasteiger partial charge in [0.05, 0.1) is 6.10 Å². The van der Waals surface area contributed by atoms with Gasteiger partial charge in [0.15, 0.2) is 0 Å². The lowest BCUT2D eigenvalue weighted by Crippen LogP contribution is -2.29. The molecule has 1 aromatic rings. The molecular weight excluding hydrogens is 200 g/mol. The van der Waals surface area contributed by atoms with Gasteiger partial charge in [0.2, 0.25) is 0 Å². The maximum atomic E-state index is 6.10. The molecule has 0 aromatic heterocycles. The first-order valence-electron chi connectivity index (χ1n) is 5.83. The summed E-state index contributed by atoms with van der Waals surface area (Å²) in [7, 11) is 1.74. The van der Waals surface area contributed by atoms with Gasteiger partial charge in [-0.25, -0.2) is 0 Å². The number of nitrogens with two attached hydrogens (primary N) is 1. The largest absolute Gasteiger partial charge is 0.380 e. The molecule has 0 saturated heterocycles. The number of methoxy groups -OCH3 is 1. The second-order valence-electron chi connectivity index (χ2n) is 4.48. The molecule has 0 saturated carbocycles. The summed E-state index contributed by atoms with van der Waals surface area (Å²) in [4.78, 5) is 0. The highest BCUT2D eigenvalue weighted by atomic mass is 16.5. The Hall–Kier alpha value is -0.900. The smallest absolute Gasteiger partial charge is 0.0667 e. The fourth-order valence-corrected chi connectivity index (χ4v) is 2.26. The van der Waals surface area contributed by atoms with Crippen LogP contribution in [0.2, 0.25) is 0 Å². The fraction of sp³-hybridized carbons (Fsp3) is 0.538. The minimum Gasteiger partial charge on any atom is -0.380 e. The molecule has 1 aromatic carbocycles. The highest BCUT2D eigenvalue weighted by Gasteiger charge is 2.27. The maximum absolute atomic E-state index is 6.10. The lowest BCUT2D eigenvalue weighted by atomic mass is 10.1. The summed E-state index contributed by atoms with van der Waals surface area (Å²) in [5, 5.41) is 3.51. The Kier molecular flexibility index (Phi) is 3.59. The van der Waals surface area contributed by atoms with Gasteiger partial charge in [-0.3, -0.25) is 0 Å². The molecule has 1 aliphatic carbocycles. The molecule has 0 aliphatic heterocycles. The average molecular weight is 220 g/mol. The minimum atomic E-state index is 0.173. The third kappa shape index (κ3) is 2.26. The maximum Gasteiger partial charge on any atom is 0.0667 e. The van der Waals surface area contributed by atoms with E-state index in [1.54, 1.807) is 7.11 Å². The van der Waals surface area contributed by atoms with E-state index >= 15 is 0 Å². The molecule has 0 heterocycles. The van der Waals surface area contributed by atoms with Crippen LogP contribution in [-0.2, 0) is 4.74 Å². The quantitative estimate of drug-likeness (QED) is 0.812. The van der Waals surface area contributed by atoms with Crippen LogP contribution in [0.5, 0.6) is 0 Å². The van der Waals surface area contributed by atoms with Crippen molar-refractivity contribution in [1.82, 2.24) is 5.32 Å². The molecule has 0 amide bonds. The molecule has 0 radical (unpaired) electrons. The van der Waals surface area contributed by atoms with Crippen molar-refractivity contribution >= 4 is 0 Å². The van der Waals surface area contributed by atoms with Crippen LogP contribution in [0.25, 0.3) is 0 Å². The van der Waals surface area contributed by atoms with E-state index < -0.39 is 0 Å². The van der Waals surface area contributed by atoms with E-state index in [4.69, 9.17) is 10.5 Å². The van der Waals surface area contributed by atoms with Gasteiger partial charge in [-0.2, -0.15) is 0 Å². The minimum absolute atomic E-state index is 0.173. The topological polar surface area (TPSA) is 47.3 Å². The van der Waals surface area contributed by atoms with Crippen molar-refractivity contribution in [1.29, 1.82) is 0 Å². The first-order chi connectivity index (χ1) is 7.72. The Morgan fingerprint density at radius 1 is 1.44 bits per heavy atom. The molecule has 3 nitrogen and oxygen atoms in total. The number of benzene rings is 1. The number of nitrogens with one attached hydrogen (secondary N) is 1. The summed E-state index contributed by atoms with van der Waals surface area (Å²) in [6.45, 7) is 2.93. The summed E-state index contributed by atoms with van der Waals surface area (Å²) < 4.78 is 5.23. The number of ether oxygens (including phenoxy) is 1. The molecule has 3 heteroatoms. The summed E-state index contributed by atoms with van der Waals surface area (Å²) in [5.41, 5.74) is 8.73. The Morgan fingerprint density at radius 3 is 2.81 bits per heavy atom. The van der Waals surface area contributed by atoms with E-state index in [1.807, 2.05) is 0 Å². The van der Waals surface area contributed by atoms with Gasteiger partial charge in [0.25, 0.3) is 0 Å². The van der Waals surface area contributed by atoms with Crippen LogP contribution >= 0.6 is 0 Å². The van der Waals surface area contributed by atoms with Crippen LogP contribution in [-0.4, -0.2) is 19.8 Å². The predicted octanol–water partition coefficient (Wildman–Crippen LogP) is 1.76. The highest BCUT2D eigenvalue weighted by molar-refractivity contribution is 5.37. The molecule has 16 heavy (non-hydrogen) atoms. The molecule has 0 fully saturated rings. The Balaban J connectivity index is 2.03. The summed E-state index contributed by atoms with van der Waals surface area (Å²) in [6, 6.07) is 8.97. The molecule has 2 rings (SSSR count). The molecule has 88 valence electrons. The third-order valence-electron chi connectivity index (χ3n) is 3.31. The zero-order valence-corrected chi connectivity index (χ0v) is 9.94. The fourth-order valence-electron chi connectivity index (χ4n) is 2.26. The molecule has 0 bridgehead atoms. The van der Waals surface area contributed by atoms with Crippen molar-refractivity contribution in [2.75, 3.05) is 13.7 Å². The van der Waals surface area contributed by atoms with Crippen LogP contribution in [0.4, 0.5) is 0 Å². The number of fused-ring (bicyclic) bond motifs is 1. The van der Waals surface area contributed by atoms with Gasteiger partial charge in [0.1, 0.15) is 0 Å². The monoisotopic (exact) mass is 220 g/mol. The normalized spacial score (nSPS) is 25.4. The zero-order valence-electron chi connectivity index (χ0n) is 9.94. The second-order valence-corrected chi connectivity index (χ2v) is 4.48. The van der Waals surface area contributed by atoms with E-state index in [-0.39, 0.29) is 12.1 Å². The SMILES string of the molecule is COC(C)CNC1CC(N)c2ccccc21. The summed E-state index contributed by atoms with van der Waals surface area (Å²) >= 11 is 0. The standard InChI is InChI=1S/C13H20N2O/c1-9(16-2)8-15-13-7-12(14)10-5-3-4-6-11(10)13/h3-6,9,12-13,15H,7-8,14H2,1-2H3. The molecular formula is C13H20N2O. The van der Waals surface area contributed by atoms with Crippen molar-refractivity contribution in [2.24, 2.45) is 5.73 Å². The van der Waals surface area contributed by atoms with Crippen LogP contribution in [0.3, 0.4) is 0 Å². The molecule has 3 unspecified atom stereocenters. The third-order valence-corrected chi connectivity index (χ3v) is 3.31. The number of rotatable bonds is 4. The number of hydrogen-bond acceptors (Lipinski definition) is 3. The van der Waals surface area contributed by atoms with Gasteiger partial charge >= 0.3 is 0 Å². The van der Waals surface area contributed by atoms with Crippen molar-refractivity contribution in [3.8, 4) is 0 Å². The van der Waals surface area contributed by atoms with Crippen molar-refractivity contribution in [2.45, 2.75) is 31.5 Å². The summed E-state index contributed by atoms with van der Waals surface area (Å²) in [5.74, 6) is 0. The van der Waals surface area contributed by atoms with Gasteiger partial charge in [0, 0.05) is 25.7 Å². The van der Waals surface area contributed by atoms with E-state index in [0.717, 1.165) is 13.0 Å². The molecule has 0 spiro atoms. The van der Waals surface area contributed by atoms with Gasteiger partial charge < -0.3 is 15.8 Å². The summed E-state index contributed by atoms with van der Waals surface area (Å²) in [6.07, 6.45) is 1.22. The Morgan fingerprint density at radius 2 is 2.12 bits per heavy atom. The molecule has 3 N–H and O–H groups in total. The van der Waals surface area contributed by atoms with Crippen molar-refractivity contribution < 1.29 is 4.74 Å². The van der Waals surface area contributed by atoms with Crippen LogP contribution in [0.1, 0.15) is 36.6 Å². The molecule has 1 aliphatic rings. The van der Waals surface area contributed by atoms with Gasteiger partial charge in [-0.1, -0.05) is 24.3 Å². The van der Waals surface area contributed by atoms with Crippen molar-refractivity contribution in [3.63, 3.8) is 0 Å². The lowest BCUT2D eigenvalue weighted by molar-refractivity contribution is 0.114. The van der Waals surface area contributed by atoms with Crippen molar-refractivity contribution in [3.05, 3.63) is 35.4 Å². The van der Waals surface area contributed by atoms with Crippen LogP contribution in [0.15, 0.2) is 24.3 Å². The Labute approximate surface area is 97.0 Å². The predicted molar refractivity (Wildman–Crippen MR) is 65.2 cm³/mol. The van der Waals surface area contributed by atoms with E-state index in [0.29, 0.717) is 6.04 Å². The molecule has 3 atom stereocenters. The first kappa shape index (κ1) is 11.6. The van der Waals surface area contributed by atoms with E-state index in [9.17, 15) is 0 Å².